The zero-order chi connectivity index (χ0) is 13.0. The predicted octanol–water partition coefficient (Wildman–Crippen LogP) is 3.58. The first kappa shape index (κ1) is 11.9. The summed E-state index contributed by atoms with van der Waals surface area (Å²) in [5.74, 6) is -0.981. The molecule has 0 aliphatic rings. The van der Waals surface area contributed by atoms with Gasteiger partial charge in [-0.2, -0.15) is 0 Å². The van der Waals surface area contributed by atoms with Gasteiger partial charge < -0.3 is 10.1 Å². The number of carboxylic acids is 1. The monoisotopic (exact) mass is 239 g/mol. The summed E-state index contributed by atoms with van der Waals surface area (Å²) < 4.78 is 0. The molecule has 0 aliphatic heterocycles. The summed E-state index contributed by atoms with van der Waals surface area (Å²) in [7, 11) is 0. The van der Waals surface area contributed by atoms with Crippen LogP contribution in [-0.2, 0) is 4.79 Å². The van der Waals surface area contributed by atoms with E-state index >= 15 is 0 Å². The maximum atomic E-state index is 9.25. The van der Waals surface area contributed by atoms with Gasteiger partial charge in [0.25, 0.3) is 0 Å². The van der Waals surface area contributed by atoms with E-state index in [4.69, 9.17) is 5.11 Å². The molecular weight excluding hydrogens is 226 g/mol. The molecule has 0 amide bonds. The van der Waals surface area contributed by atoms with Crippen LogP contribution in [0.2, 0.25) is 0 Å². The number of fused-ring (bicyclic) bond motifs is 3. The van der Waals surface area contributed by atoms with Crippen LogP contribution in [0.1, 0.15) is 0 Å². The van der Waals surface area contributed by atoms with Crippen molar-refractivity contribution in [2.75, 3.05) is 0 Å². The van der Waals surface area contributed by atoms with E-state index in [0.717, 1.165) is 6.08 Å². The molecule has 3 heteroatoms. The number of aromatic amines is 1. The lowest BCUT2D eigenvalue weighted by atomic mass is 10.2. The van der Waals surface area contributed by atoms with E-state index in [1.165, 1.54) is 21.8 Å². The first-order valence-electron chi connectivity index (χ1n) is 5.53. The lowest BCUT2D eigenvalue weighted by Gasteiger charge is -1.87. The smallest absolute Gasteiger partial charge is 0.327 e. The number of aliphatic carboxylic acids is 1. The number of benzene rings is 2. The molecule has 90 valence electrons. The van der Waals surface area contributed by atoms with Crippen molar-refractivity contribution < 1.29 is 9.90 Å². The van der Waals surface area contributed by atoms with Gasteiger partial charge in [-0.1, -0.05) is 43.0 Å². The highest BCUT2D eigenvalue weighted by molar-refractivity contribution is 6.06. The van der Waals surface area contributed by atoms with Crippen LogP contribution in [0.5, 0.6) is 0 Å². The number of H-pyrrole nitrogens is 1. The number of hydrogen-bond donors (Lipinski definition) is 2. The second kappa shape index (κ2) is 5.19. The van der Waals surface area contributed by atoms with E-state index in [2.05, 4.69) is 60.1 Å². The Labute approximate surface area is 104 Å². The van der Waals surface area contributed by atoms with Gasteiger partial charge in [-0.25, -0.2) is 4.79 Å². The number of nitrogens with one attached hydrogen (secondary N) is 1. The van der Waals surface area contributed by atoms with Crippen LogP contribution >= 0.6 is 0 Å². The molecule has 0 spiro atoms. The molecule has 0 aliphatic carbocycles. The number of aromatic nitrogens is 1. The quantitative estimate of drug-likeness (QED) is 0.638. The third-order valence-corrected chi connectivity index (χ3v) is 2.59. The summed E-state index contributed by atoms with van der Waals surface area (Å²) in [5, 5.41) is 10.2. The number of para-hydroxylation sites is 2. The maximum Gasteiger partial charge on any atom is 0.327 e. The largest absolute Gasteiger partial charge is 0.478 e. The molecule has 0 fully saturated rings. The van der Waals surface area contributed by atoms with E-state index in [-0.39, 0.29) is 0 Å². The van der Waals surface area contributed by atoms with Crippen molar-refractivity contribution in [2.45, 2.75) is 0 Å². The molecule has 3 rings (SSSR count). The van der Waals surface area contributed by atoms with Crippen LogP contribution < -0.4 is 0 Å². The summed E-state index contributed by atoms with van der Waals surface area (Å²) in [4.78, 5) is 12.6. The highest BCUT2D eigenvalue weighted by Crippen LogP contribution is 2.24. The Morgan fingerprint density at radius 1 is 1.00 bits per heavy atom. The van der Waals surface area contributed by atoms with Crippen LogP contribution in [0.15, 0.2) is 61.2 Å². The fraction of sp³-hybridized carbons (Fsp3) is 0. The average molecular weight is 239 g/mol. The Morgan fingerprint density at radius 2 is 1.39 bits per heavy atom. The molecule has 2 aromatic carbocycles. The normalized spacial score (nSPS) is 9.78. The number of carboxylic acid groups (broad SMARTS) is 1. The molecule has 0 saturated heterocycles. The van der Waals surface area contributed by atoms with Gasteiger partial charge in [-0.05, 0) is 12.1 Å². The van der Waals surface area contributed by atoms with E-state index in [9.17, 15) is 4.79 Å². The van der Waals surface area contributed by atoms with E-state index in [1.807, 2.05) is 0 Å². The van der Waals surface area contributed by atoms with Crippen molar-refractivity contribution in [3.05, 3.63) is 61.2 Å². The van der Waals surface area contributed by atoms with Gasteiger partial charge in [0.1, 0.15) is 0 Å². The molecule has 2 N–H and O–H groups in total. The summed E-state index contributed by atoms with van der Waals surface area (Å²) in [5.41, 5.74) is 2.42. The molecule has 0 atom stereocenters. The fourth-order valence-corrected chi connectivity index (χ4v) is 1.80. The molecule has 1 aromatic heterocycles. The third-order valence-electron chi connectivity index (χ3n) is 2.59. The SMILES string of the molecule is C=CC(=O)O.c1ccc2c(c1)[nH]c1ccccc12. The van der Waals surface area contributed by atoms with Gasteiger partial charge in [0.15, 0.2) is 0 Å². The minimum atomic E-state index is -0.981. The van der Waals surface area contributed by atoms with Gasteiger partial charge >= 0.3 is 5.97 Å². The van der Waals surface area contributed by atoms with Gasteiger partial charge in [0, 0.05) is 27.9 Å². The second-order valence-electron chi connectivity index (χ2n) is 3.76. The van der Waals surface area contributed by atoms with Crippen molar-refractivity contribution in [2.24, 2.45) is 0 Å². The average Bonchev–Trinajstić information content (AvgIpc) is 2.78. The Hall–Kier alpha value is -2.55. The second-order valence-corrected chi connectivity index (χ2v) is 3.76. The highest BCUT2D eigenvalue weighted by Gasteiger charge is 2.00. The van der Waals surface area contributed by atoms with Gasteiger partial charge in [0.2, 0.25) is 0 Å². The molecule has 0 bridgehead atoms. The lowest BCUT2D eigenvalue weighted by molar-refractivity contribution is -0.131. The molecule has 18 heavy (non-hydrogen) atoms. The lowest BCUT2D eigenvalue weighted by Crippen LogP contribution is -1.82. The van der Waals surface area contributed by atoms with Crippen molar-refractivity contribution in [3.63, 3.8) is 0 Å². The zero-order valence-electron chi connectivity index (χ0n) is 9.76. The number of rotatable bonds is 1. The van der Waals surface area contributed by atoms with Crippen LogP contribution in [0, 0.1) is 0 Å². The van der Waals surface area contributed by atoms with Crippen LogP contribution in [-0.4, -0.2) is 16.1 Å². The summed E-state index contributed by atoms with van der Waals surface area (Å²) >= 11 is 0. The van der Waals surface area contributed by atoms with E-state index < -0.39 is 5.97 Å². The van der Waals surface area contributed by atoms with Crippen molar-refractivity contribution in [1.29, 1.82) is 0 Å². The third kappa shape index (κ3) is 2.40. The first-order valence-corrected chi connectivity index (χ1v) is 5.53. The molecule has 3 aromatic rings. The number of hydrogen-bond acceptors (Lipinski definition) is 1. The van der Waals surface area contributed by atoms with E-state index in [0.29, 0.717) is 0 Å². The highest BCUT2D eigenvalue weighted by atomic mass is 16.4. The maximum absolute atomic E-state index is 9.25. The molecule has 3 nitrogen and oxygen atoms in total. The van der Waals surface area contributed by atoms with E-state index in [1.54, 1.807) is 0 Å². The Balaban J connectivity index is 0.000000209. The summed E-state index contributed by atoms with van der Waals surface area (Å²) in [6.07, 6.45) is 0.833. The molecule has 1 heterocycles. The van der Waals surface area contributed by atoms with Gasteiger partial charge in [-0.3, -0.25) is 0 Å². The van der Waals surface area contributed by atoms with Gasteiger partial charge in [-0.15, -0.1) is 0 Å². The predicted molar refractivity (Wildman–Crippen MR) is 73.6 cm³/mol. The minimum absolute atomic E-state index is 0.833. The zero-order valence-corrected chi connectivity index (χ0v) is 9.76. The summed E-state index contributed by atoms with van der Waals surface area (Å²) in [6.45, 7) is 2.96. The standard InChI is InChI=1S/C12H9N.C3H4O2/c1-3-7-11-9(5-1)10-6-2-4-8-12(10)13-11;1-2-3(4)5/h1-8,13H;2H,1H2,(H,4,5). The Morgan fingerprint density at radius 3 is 1.78 bits per heavy atom. The van der Waals surface area contributed by atoms with Crippen LogP contribution in [0.4, 0.5) is 0 Å². The fourth-order valence-electron chi connectivity index (χ4n) is 1.80. The molecule has 0 saturated carbocycles. The van der Waals surface area contributed by atoms with Crippen molar-refractivity contribution in [3.8, 4) is 0 Å². The minimum Gasteiger partial charge on any atom is -0.478 e. The Bertz CT molecular complexity index is 647. The molecular formula is C15H13NO2. The Kier molecular flexibility index (Phi) is 3.44. The first-order chi connectivity index (χ1) is 8.72. The van der Waals surface area contributed by atoms with Gasteiger partial charge in [0.05, 0.1) is 0 Å². The van der Waals surface area contributed by atoms with Crippen molar-refractivity contribution >= 4 is 27.8 Å². The number of carbonyl (C=O) groups is 1. The van der Waals surface area contributed by atoms with Crippen LogP contribution in [0.25, 0.3) is 21.8 Å². The molecule has 0 radical (unpaired) electrons. The molecule has 0 unspecified atom stereocenters. The topological polar surface area (TPSA) is 53.1 Å². The summed E-state index contributed by atoms with van der Waals surface area (Å²) in [6, 6.07) is 16.8. The van der Waals surface area contributed by atoms with Crippen molar-refractivity contribution in [1.82, 2.24) is 4.98 Å². The van der Waals surface area contributed by atoms with Crippen LogP contribution in [0.3, 0.4) is 0 Å².